The highest BCUT2D eigenvalue weighted by Gasteiger charge is 2.11. The van der Waals surface area contributed by atoms with E-state index in [9.17, 15) is 0 Å². The highest BCUT2D eigenvalue weighted by Crippen LogP contribution is 2.33. The van der Waals surface area contributed by atoms with Gasteiger partial charge in [0.2, 0.25) is 0 Å². The maximum absolute atomic E-state index is 5.99. The zero-order chi connectivity index (χ0) is 11.7. The van der Waals surface area contributed by atoms with Crippen LogP contribution in [-0.2, 0) is 6.42 Å². The summed E-state index contributed by atoms with van der Waals surface area (Å²) in [6, 6.07) is 8.05. The molecule has 2 aromatic rings. The monoisotopic (exact) mass is 314 g/mol. The van der Waals surface area contributed by atoms with Crippen molar-refractivity contribution < 1.29 is 0 Å². The van der Waals surface area contributed by atoms with Gasteiger partial charge < -0.3 is 0 Å². The summed E-state index contributed by atoms with van der Waals surface area (Å²) < 4.78 is 1.25. The Balaban J connectivity index is 2.34. The first-order chi connectivity index (χ1) is 7.58. The summed E-state index contributed by atoms with van der Waals surface area (Å²) in [5, 5.41) is 0.804. The molecule has 3 heteroatoms. The fourth-order valence-corrected chi connectivity index (χ4v) is 3.75. The first kappa shape index (κ1) is 12.2. The standard InChI is InChI=1S/C13H12BrClS/c1-8-12(13(14)9(2)16-8)7-10-4-3-5-11(15)6-10/h3-6H,7H2,1-2H3. The Bertz CT molecular complexity index is 517. The van der Waals surface area contributed by atoms with Crippen molar-refractivity contribution in [2.45, 2.75) is 20.3 Å². The van der Waals surface area contributed by atoms with Gasteiger partial charge in [-0.3, -0.25) is 0 Å². The third kappa shape index (κ3) is 2.50. The van der Waals surface area contributed by atoms with E-state index in [0.717, 1.165) is 11.4 Å². The fraction of sp³-hybridized carbons (Fsp3) is 0.231. The first-order valence-electron chi connectivity index (χ1n) is 5.06. The van der Waals surface area contributed by atoms with Crippen LogP contribution in [0.5, 0.6) is 0 Å². The lowest BCUT2D eigenvalue weighted by molar-refractivity contribution is 1.17. The van der Waals surface area contributed by atoms with Crippen molar-refractivity contribution >= 4 is 38.9 Å². The van der Waals surface area contributed by atoms with E-state index in [1.807, 2.05) is 29.5 Å². The first-order valence-corrected chi connectivity index (χ1v) is 7.05. The molecule has 0 amide bonds. The third-order valence-electron chi connectivity index (χ3n) is 2.58. The van der Waals surface area contributed by atoms with Crippen molar-refractivity contribution in [1.82, 2.24) is 0 Å². The molecule has 0 aliphatic heterocycles. The zero-order valence-corrected chi connectivity index (χ0v) is 12.3. The van der Waals surface area contributed by atoms with E-state index in [0.29, 0.717) is 0 Å². The van der Waals surface area contributed by atoms with Gasteiger partial charge in [0, 0.05) is 19.2 Å². The maximum atomic E-state index is 5.99. The predicted molar refractivity (Wildman–Crippen MR) is 75.8 cm³/mol. The van der Waals surface area contributed by atoms with Crippen molar-refractivity contribution in [3.05, 3.63) is 54.6 Å². The summed E-state index contributed by atoms with van der Waals surface area (Å²) >= 11 is 11.5. The van der Waals surface area contributed by atoms with E-state index in [4.69, 9.17) is 11.6 Å². The van der Waals surface area contributed by atoms with Gasteiger partial charge in [0.15, 0.2) is 0 Å². The number of halogens is 2. The second-order valence-corrected chi connectivity index (χ2v) is 6.47. The summed E-state index contributed by atoms with van der Waals surface area (Å²) in [5.41, 5.74) is 2.64. The summed E-state index contributed by atoms with van der Waals surface area (Å²) in [7, 11) is 0. The van der Waals surface area contributed by atoms with E-state index in [1.54, 1.807) is 0 Å². The Morgan fingerprint density at radius 1 is 1.25 bits per heavy atom. The van der Waals surface area contributed by atoms with Crippen LogP contribution < -0.4 is 0 Å². The topological polar surface area (TPSA) is 0 Å². The average molecular weight is 316 g/mol. The molecule has 0 saturated carbocycles. The summed E-state index contributed by atoms with van der Waals surface area (Å²) in [6.07, 6.45) is 0.942. The lowest BCUT2D eigenvalue weighted by Crippen LogP contribution is -1.89. The quantitative estimate of drug-likeness (QED) is 0.698. The van der Waals surface area contributed by atoms with Gasteiger partial charge in [-0.05, 0) is 59.5 Å². The largest absolute Gasteiger partial charge is 0.144 e. The molecule has 2 rings (SSSR count). The second kappa shape index (κ2) is 4.91. The normalized spacial score (nSPS) is 10.8. The smallest absolute Gasteiger partial charge is 0.0408 e. The molecule has 1 aromatic carbocycles. The molecule has 0 fully saturated rings. The maximum Gasteiger partial charge on any atom is 0.0408 e. The molecule has 1 heterocycles. The van der Waals surface area contributed by atoms with Crippen LogP contribution in [-0.4, -0.2) is 0 Å². The van der Waals surface area contributed by atoms with Gasteiger partial charge in [-0.15, -0.1) is 11.3 Å². The molecule has 0 radical (unpaired) electrons. The summed E-state index contributed by atoms with van der Waals surface area (Å²) in [5.74, 6) is 0. The van der Waals surface area contributed by atoms with Crippen LogP contribution in [0.4, 0.5) is 0 Å². The van der Waals surface area contributed by atoms with E-state index in [-0.39, 0.29) is 0 Å². The number of hydrogen-bond acceptors (Lipinski definition) is 1. The Hall–Kier alpha value is -0.310. The number of aryl methyl sites for hydroxylation is 2. The molecule has 0 spiro atoms. The van der Waals surface area contributed by atoms with Gasteiger partial charge in [0.25, 0.3) is 0 Å². The van der Waals surface area contributed by atoms with E-state index in [2.05, 4.69) is 35.8 Å². The van der Waals surface area contributed by atoms with Gasteiger partial charge in [-0.25, -0.2) is 0 Å². The molecule has 84 valence electrons. The van der Waals surface area contributed by atoms with E-state index in [1.165, 1.54) is 25.4 Å². The predicted octanol–water partition coefficient (Wildman–Crippen LogP) is 5.37. The number of thiophene rings is 1. The molecule has 0 atom stereocenters. The second-order valence-electron chi connectivity index (χ2n) is 3.81. The molecular formula is C13H12BrClS. The van der Waals surface area contributed by atoms with Crippen LogP contribution in [0.15, 0.2) is 28.7 Å². The SMILES string of the molecule is Cc1sc(C)c(Cc2cccc(Cl)c2)c1Br. The minimum Gasteiger partial charge on any atom is -0.144 e. The van der Waals surface area contributed by atoms with Crippen LogP contribution in [0.2, 0.25) is 5.02 Å². The van der Waals surface area contributed by atoms with Gasteiger partial charge in [-0.1, -0.05) is 23.7 Å². The molecular weight excluding hydrogens is 304 g/mol. The summed E-state index contributed by atoms with van der Waals surface area (Å²) in [4.78, 5) is 2.72. The molecule has 0 aliphatic rings. The fourth-order valence-electron chi connectivity index (χ4n) is 1.76. The minimum absolute atomic E-state index is 0.804. The molecule has 16 heavy (non-hydrogen) atoms. The third-order valence-corrected chi connectivity index (χ3v) is 5.21. The summed E-state index contributed by atoms with van der Waals surface area (Å²) in [6.45, 7) is 4.31. The van der Waals surface area contributed by atoms with Crippen LogP contribution in [0, 0.1) is 13.8 Å². The van der Waals surface area contributed by atoms with Crippen molar-refractivity contribution in [1.29, 1.82) is 0 Å². The average Bonchev–Trinajstić information content (AvgIpc) is 2.45. The number of rotatable bonds is 2. The van der Waals surface area contributed by atoms with Gasteiger partial charge >= 0.3 is 0 Å². The minimum atomic E-state index is 0.804. The van der Waals surface area contributed by atoms with Crippen molar-refractivity contribution in [2.75, 3.05) is 0 Å². The van der Waals surface area contributed by atoms with Crippen LogP contribution in [0.3, 0.4) is 0 Å². The Labute approximate surface area is 113 Å². The molecule has 0 saturated heterocycles. The van der Waals surface area contributed by atoms with Crippen molar-refractivity contribution in [3.8, 4) is 0 Å². The molecule has 1 aromatic heterocycles. The van der Waals surface area contributed by atoms with E-state index < -0.39 is 0 Å². The lowest BCUT2D eigenvalue weighted by atomic mass is 10.1. The number of hydrogen-bond donors (Lipinski definition) is 0. The van der Waals surface area contributed by atoms with Crippen LogP contribution >= 0.6 is 38.9 Å². The Morgan fingerprint density at radius 2 is 2.00 bits per heavy atom. The highest BCUT2D eigenvalue weighted by atomic mass is 79.9. The Kier molecular flexibility index (Phi) is 3.73. The van der Waals surface area contributed by atoms with Gasteiger partial charge in [0.1, 0.15) is 0 Å². The Morgan fingerprint density at radius 3 is 2.56 bits per heavy atom. The molecule has 0 N–H and O–H groups in total. The molecule has 0 unspecified atom stereocenters. The molecule has 0 aliphatic carbocycles. The van der Waals surface area contributed by atoms with E-state index >= 15 is 0 Å². The zero-order valence-electron chi connectivity index (χ0n) is 9.18. The van der Waals surface area contributed by atoms with Crippen LogP contribution in [0.1, 0.15) is 20.9 Å². The van der Waals surface area contributed by atoms with Crippen molar-refractivity contribution in [3.63, 3.8) is 0 Å². The van der Waals surface area contributed by atoms with Gasteiger partial charge in [0.05, 0.1) is 0 Å². The molecule has 0 bridgehead atoms. The number of benzene rings is 1. The van der Waals surface area contributed by atoms with Gasteiger partial charge in [-0.2, -0.15) is 0 Å². The molecule has 0 nitrogen and oxygen atoms in total. The van der Waals surface area contributed by atoms with Crippen LogP contribution in [0.25, 0.3) is 0 Å². The lowest BCUT2D eigenvalue weighted by Gasteiger charge is -2.03. The van der Waals surface area contributed by atoms with Crippen molar-refractivity contribution in [2.24, 2.45) is 0 Å². The highest BCUT2D eigenvalue weighted by molar-refractivity contribution is 9.10.